The normalized spacial score (nSPS) is 18.7. The zero-order valence-corrected chi connectivity index (χ0v) is 12.0. The lowest BCUT2D eigenvalue weighted by atomic mass is 10.1. The van der Waals surface area contributed by atoms with Crippen molar-refractivity contribution in [2.75, 3.05) is 6.79 Å². The van der Waals surface area contributed by atoms with Gasteiger partial charge < -0.3 is 9.47 Å². The molecule has 0 unspecified atom stereocenters. The van der Waals surface area contributed by atoms with E-state index in [1.807, 2.05) is 0 Å². The Balaban J connectivity index is 1.93. The molecule has 1 N–H and O–H groups in total. The molecule has 1 saturated carbocycles. The van der Waals surface area contributed by atoms with E-state index in [1.54, 1.807) is 19.9 Å². The quantitative estimate of drug-likeness (QED) is 0.910. The molecule has 2 aliphatic rings. The van der Waals surface area contributed by atoms with E-state index in [2.05, 4.69) is 4.72 Å². The predicted molar refractivity (Wildman–Crippen MR) is 70.0 cm³/mol. The number of aryl methyl sites for hydroxylation is 1. The molecule has 1 heterocycles. The number of ether oxygens (including phenoxy) is 2. The molecule has 20 heavy (non-hydrogen) atoms. The molecular weight excluding hydrogens is 282 g/mol. The summed E-state index contributed by atoms with van der Waals surface area (Å²) in [5, 5.41) is 0. The first-order chi connectivity index (χ1) is 9.32. The number of hydrogen-bond acceptors (Lipinski definition) is 5. The third-order valence-corrected chi connectivity index (χ3v) is 5.21. The minimum Gasteiger partial charge on any atom is -0.454 e. The van der Waals surface area contributed by atoms with E-state index in [4.69, 9.17) is 9.47 Å². The highest BCUT2D eigenvalue weighted by Gasteiger charge is 2.46. The molecular formula is C13H15NO5S. The largest absolute Gasteiger partial charge is 0.454 e. The van der Waals surface area contributed by atoms with E-state index in [1.165, 1.54) is 6.07 Å². The molecule has 108 valence electrons. The standard InChI is InChI=1S/C13H15NO5S/c1-8-5-9-10(19-7-18-9)6-11(8)20(16,17)14-12(15)13(2)3-4-13/h5-6H,3-4,7H2,1-2H3,(H,14,15). The first-order valence-electron chi connectivity index (χ1n) is 6.29. The number of sulfonamides is 1. The summed E-state index contributed by atoms with van der Waals surface area (Å²) >= 11 is 0. The Labute approximate surface area is 117 Å². The molecule has 1 fully saturated rings. The fraction of sp³-hybridized carbons (Fsp3) is 0.462. The van der Waals surface area contributed by atoms with Crippen LogP contribution in [0, 0.1) is 12.3 Å². The molecule has 0 bridgehead atoms. The third-order valence-electron chi connectivity index (χ3n) is 3.73. The van der Waals surface area contributed by atoms with Crippen LogP contribution in [-0.2, 0) is 14.8 Å². The van der Waals surface area contributed by atoms with Gasteiger partial charge in [-0.1, -0.05) is 6.92 Å². The van der Waals surface area contributed by atoms with Gasteiger partial charge in [0.25, 0.3) is 10.0 Å². The Morgan fingerprint density at radius 1 is 1.25 bits per heavy atom. The minimum atomic E-state index is -3.89. The van der Waals surface area contributed by atoms with Crippen molar-refractivity contribution in [2.24, 2.45) is 5.41 Å². The van der Waals surface area contributed by atoms with Crippen molar-refractivity contribution in [1.82, 2.24) is 4.72 Å². The van der Waals surface area contributed by atoms with Crippen molar-refractivity contribution in [3.8, 4) is 11.5 Å². The first-order valence-corrected chi connectivity index (χ1v) is 7.78. The number of amides is 1. The van der Waals surface area contributed by atoms with E-state index < -0.39 is 21.3 Å². The molecule has 1 aliphatic heterocycles. The minimum absolute atomic E-state index is 0.0411. The average Bonchev–Trinajstić information content (AvgIpc) is 2.96. The molecule has 7 heteroatoms. The van der Waals surface area contributed by atoms with Crippen LogP contribution in [0.4, 0.5) is 0 Å². The van der Waals surface area contributed by atoms with Gasteiger partial charge in [0, 0.05) is 11.5 Å². The van der Waals surface area contributed by atoms with Crippen molar-refractivity contribution < 1.29 is 22.7 Å². The van der Waals surface area contributed by atoms with Crippen molar-refractivity contribution >= 4 is 15.9 Å². The van der Waals surface area contributed by atoms with Gasteiger partial charge in [0.2, 0.25) is 12.7 Å². The molecule has 0 atom stereocenters. The lowest BCUT2D eigenvalue weighted by Crippen LogP contribution is -2.35. The Morgan fingerprint density at radius 2 is 1.85 bits per heavy atom. The Kier molecular flexibility index (Phi) is 2.72. The van der Waals surface area contributed by atoms with Crippen LogP contribution in [0.1, 0.15) is 25.3 Å². The Morgan fingerprint density at radius 3 is 2.45 bits per heavy atom. The predicted octanol–water partition coefficient (Wildman–Crippen LogP) is 1.33. The molecule has 1 amide bonds. The number of hydrogen-bond donors (Lipinski definition) is 1. The highest BCUT2D eigenvalue weighted by molar-refractivity contribution is 7.90. The monoisotopic (exact) mass is 297 g/mol. The molecule has 6 nitrogen and oxygen atoms in total. The van der Waals surface area contributed by atoms with Crippen molar-refractivity contribution in [2.45, 2.75) is 31.6 Å². The van der Waals surface area contributed by atoms with Crippen LogP contribution >= 0.6 is 0 Å². The average molecular weight is 297 g/mol. The Bertz CT molecular complexity index is 691. The second kappa shape index (κ2) is 4.12. The molecule has 0 radical (unpaired) electrons. The molecule has 0 spiro atoms. The second-order valence-corrected chi connectivity index (χ2v) is 7.12. The van der Waals surface area contributed by atoms with Gasteiger partial charge in [-0.25, -0.2) is 13.1 Å². The van der Waals surface area contributed by atoms with E-state index in [0.717, 1.165) is 0 Å². The van der Waals surface area contributed by atoms with Gasteiger partial charge in [0.1, 0.15) is 0 Å². The fourth-order valence-corrected chi connectivity index (χ4v) is 3.37. The maximum Gasteiger partial charge on any atom is 0.264 e. The highest BCUT2D eigenvalue weighted by Crippen LogP contribution is 2.45. The van der Waals surface area contributed by atoms with E-state index >= 15 is 0 Å². The maximum atomic E-state index is 12.3. The SMILES string of the molecule is Cc1cc2c(cc1S(=O)(=O)NC(=O)C1(C)CC1)OCO2. The zero-order chi connectivity index (χ0) is 14.5. The summed E-state index contributed by atoms with van der Waals surface area (Å²) in [5.41, 5.74) is -0.0346. The van der Waals surface area contributed by atoms with Crippen molar-refractivity contribution in [3.63, 3.8) is 0 Å². The summed E-state index contributed by atoms with van der Waals surface area (Å²) in [4.78, 5) is 12.0. The van der Waals surface area contributed by atoms with E-state index in [-0.39, 0.29) is 11.7 Å². The molecule has 1 aliphatic carbocycles. The van der Waals surface area contributed by atoms with Gasteiger partial charge in [-0.15, -0.1) is 0 Å². The van der Waals surface area contributed by atoms with Gasteiger partial charge >= 0.3 is 0 Å². The topological polar surface area (TPSA) is 81.7 Å². The Hall–Kier alpha value is -1.76. The summed E-state index contributed by atoms with van der Waals surface area (Å²) in [6.45, 7) is 3.48. The number of carbonyl (C=O) groups excluding carboxylic acids is 1. The summed E-state index contributed by atoms with van der Waals surface area (Å²) in [7, 11) is -3.89. The van der Waals surface area contributed by atoms with Gasteiger partial charge in [0.15, 0.2) is 11.5 Å². The zero-order valence-electron chi connectivity index (χ0n) is 11.2. The molecule has 3 rings (SSSR count). The van der Waals surface area contributed by atoms with Gasteiger partial charge in [-0.3, -0.25) is 4.79 Å². The number of benzene rings is 1. The lowest BCUT2D eigenvalue weighted by Gasteiger charge is -2.13. The van der Waals surface area contributed by atoms with Crippen LogP contribution in [-0.4, -0.2) is 21.1 Å². The fourth-order valence-electron chi connectivity index (χ4n) is 2.03. The first kappa shape index (κ1) is 13.2. The number of nitrogens with one attached hydrogen (secondary N) is 1. The van der Waals surface area contributed by atoms with Crippen LogP contribution < -0.4 is 14.2 Å². The molecule has 0 aromatic heterocycles. The number of rotatable bonds is 3. The molecule has 0 saturated heterocycles. The van der Waals surface area contributed by atoms with Crippen LogP contribution in [0.3, 0.4) is 0 Å². The summed E-state index contributed by atoms with van der Waals surface area (Å²) in [5.74, 6) is 0.442. The smallest absolute Gasteiger partial charge is 0.264 e. The molecule has 1 aromatic carbocycles. The summed E-state index contributed by atoms with van der Waals surface area (Å²) < 4.78 is 37.1. The summed E-state index contributed by atoms with van der Waals surface area (Å²) in [6.07, 6.45) is 1.43. The van der Waals surface area contributed by atoms with E-state index in [9.17, 15) is 13.2 Å². The lowest BCUT2D eigenvalue weighted by molar-refractivity contribution is -0.123. The summed E-state index contributed by atoms with van der Waals surface area (Å²) in [6, 6.07) is 2.99. The second-order valence-electron chi connectivity index (χ2n) is 5.47. The van der Waals surface area contributed by atoms with Crippen molar-refractivity contribution in [3.05, 3.63) is 17.7 Å². The van der Waals surface area contributed by atoms with Crippen LogP contribution in [0.25, 0.3) is 0 Å². The van der Waals surface area contributed by atoms with Crippen LogP contribution in [0.15, 0.2) is 17.0 Å². The number of carbonyl (C=O) groups is 1. The van der Waals surface area contributed by atoms with Crippen LogP contribution in [0.2, 0.25) is 0 Å². The van der Waals surface area contributed by atoms with E-state index in [0.29, 0.717) is 29.9 Å². The van der Waals surface area contributed by atoms with Crippen molar-refractivity contribution in [1.29, 1.82) is 0 Å². The molecule has 1 aromatic rings. The maximum absolute atomic E-state index is 12.3. The third kappa shape index (κ3) is 2.11. The van der Waals surface area contributed by atoms with Gasteiger partial charge in [0.05, 0.1) is 4.90 Å². The van der Waals surface area contributed by atoms with Crippen LogP contribution in [0.5, 0.6) is 11.5 Å². The van der Waals surface area contributed by atoms with Gasteiger partial charge in [-0.05, 0) is 31.4 Å². The number of fused-ring (bicyclic) bond motifs is 1. The highest BCUT2D eigenvalue weighted by atomic mass is 32.2. The van der Waals surface area contributed by atoms with Gasteiger partial charge in [-0.2, -0.15) is 0 Å².